The maximum absolute atomic E-state index is 12.1. The third kappa shape index (κ3) is 5.13. The molecular formula is C17H22N4O2S. The van der Waals surface area contributed by atoms with Crippen LogP contribution in [0.5, 0.6) is 0 Å². The Morgan fingerprint density at radius 3 is 2.54 bits per heavy atom. The Labute approximate surface area is 145 Å². The predicted molar refractivity (Wildman–Crippen MR) is 98.5 cm³/mol. The zero-order chi connectivity index (χ0) is 17.7. The van der Waals surface area contributed by atoms with Crippen LogP contribution in [-0.4, -0.2) is 21.6 Å². The number of thioether (sulfide) groups is 1. The van der Waals surface area contributed by atoms with Gasteiger partial charge in [0.2, 0.25) is 5.91 Å². The molecule has 1 heterocycles. The van der Waals surface area contributed by atoms with Gasteiger partial charge in [0.25, 0.3) is 5.56 Å². The number of aromatic amines is 1. The van der Waals surface area contributed by atoms with Crippen molar-refractivity contribution in [1.29, 1.82) is 0 Å². The lowest BCUT2D eigenvalue weighted by molar-refractivity contribution is -0.116. The number of nitrogen functional groups attached to an aromatic ring is 1. The number of anilines is 2. The molecule has 1 aromatic heterocycles. The van der Waals surface area contributed by atoms with Crippen LogP contribution in [0.4, 0.5) is 11.5 Å². The van der Waals surface area contributed by atoms with E-state index < -0.39 is 0 Å². The number of nitrogens with one attached hydrogen (secondary N) is 2. The molecule has 0 saturated carbocycles. The number of nitrogens with zero attached hydrogens (tertiary/aromatic N) is 1. The second-order valence-corrected chi connectivity index (χ2v) is 6.83. The average Bonchev–Trinajstić information content (AvgIpc) is 2.46. The summed E-state index contributed by atoms with van der Waals surface area (Å²) in [4.78, 5) is 30.0. The molecule has 0 aliphatic carbocycles. The second-order valence-electron chi connectivity index (χ2n) is 5.75. The first kappa shape index (κ1) is 18.1. The number of aromatic nitrogens is 2. The summed E-state index contributed by atoms with van der Waals surface area (Å²) < 4.78 is 0. The Kier molecular flexibility index (Phi) is 6.03. The van der Waals surface area contributed by atoms with Crippen molar-refractivity contribution in [3.63, 3.8) is 0 Å². The lowest BCUT2D eigenvalue weighted by Gasteiger charge is -2.12. The maximum Gasteiger partial charge on any atom is 0.253 e. The largest absolute Gasteiger partial charge is 0.383 e. The number of nitrogens with two attached hydrogens (primary N) is 1. The van der Waals surface area contributed by atoms with Gasteiger partial charge in [-0.05, 0) is 38.3 Å². The van der Waals surface area contributed by atoms with Gasteiger partial charge in [0.05, 0.1) is 0 Å². The molecular weight excluding hydrogens is 324 g/mol. The molecule has 2 aromatic rings. The lowest BCUT2D eigenvalue weighted by atomic mass is 10.0. The van der Waals surface area contributed by atoms with Gasteiger partial charge in [-0.2, -0.15) is 0 Å². The van der Waals surface area contributed by atoms with E-state index in [1.54, 1.807) is 0 Å². The number of benzene rings is 1. The monoisotopic (exact) mass is 346 g/mol. The van der Waals surface area contributed by atoms with E-state index in [4.69, 9.17) is 5.73 Å². The van der Waals surface area contributed by atoms with Crippen molar-refractivity contribution in [3.8, 4) is 0 Å². The van der Waals surface area contributed by atoms with E-state index in [2.05, 4.69) is 27.4 Å². The minimum Gasteiger partial charge on any atom is -0.383 e. The van der Waals surface area contributed by atoms with Gasteiger partial charge in [0.1, 0.15) is 5.82 Å². The van der Waals surface area contributed by atoms with E-state index >= 15 is 0 Å². The summed E-state index contributed by atoms with van der Waals surface area (Å²) in [7, 11) is 0. The van der Waals surface area contributed by atoms with Gasteiger partial charge in [-0.25, -0.2) is 4.98 Å². The topological polar surface area (TPSA) is 101 Å². The number of H-pyrrole nitrogens is 1. The quantitative estimate of drug-likeness (QED) is 0.424. The Morgan fingerprint density at radius 1 is 1.25 bits per heavy atom. The Bertz CT molecular complexity index is 778. The number of hydrogen-bond donors (Lipinski definition) is 3. The minimum atomic E-state index is -0.270. The van der Waals surface area contributed by atoms with Gasteiger partial charge in [-0.15, -0.1) is 0 Å². The molecule has 1 amide bonds. The van der Waals surface area contributed by atoms with Crippen LogP contribution < -0.4 is 16.6 Å². The molecule has 0 radical (unpaired) electrons. The predicted octanol–water partition coefficient (Wildman–Crippen LogP) is 2.79. The number of hydrogen-bond acceptors (Lipinski definition) is 5. The number of carbonyl (C=O) groups excluding carboxylic acids is 1. The highest BCUT2D eigenvalue weighted by molar-refractivity contribution is 7.99. The van der Waals surface area contributed by atoms with Crippen LogP contribution >= 0.6 is 11.8 Å². The molecule has 128 valence electrons. The molecule has 7 heteroatoms. The maximum atomic E-state index is 12.1. The van der Waals surface area contributed by atoms with Gasteiger partial charge in [0.15, 0.2) is 5.16 Å². The zero-order valence-corrected chi connectivity index (χ0v) is 14.9. The summed E-state index contributed by atoms with van der Waals surface area (Å²) in [6.07, 6.45) is 1.09. The number of amides is 1. The highest BCUT2D eigenvalue weighted by Crippen LogP contribution is 2.22. The van der Waals surface area contributed by atoms with Crippen molar-refractivity contribution in [2.24, 2.45) is 0 Å². The van der Waals surface area contributed by atoms with Crippen molar-refractivity contribution in [1.82, 2.24) is 9.97 Å². The van der Waals surface area contributed by atoms with Crippen LogP contribution in [0, 0.1) is 20.8 Å². The first-order chi connectivity index (χ1) is 11.3. The van der Waals surface area contributed by atoms with Gasteiger partial charge >= 0.3 is 0 Å². The minimum absolute atomic E-state index is 0.0142. The zero-order valence-electron chi connectivity index (χ0n) is 14.1. The van der Waals surface area contributed by atoms with Crippen molar-refractivity contribution in [2.45, 2.75) is 38.8 Å². The molecule has 0 atom stereocenters. The molecule has 0 spiro atoms. The first-order valence-corrected chi connectivity index (χ1v) is 8.71. The molecule has 0 aliphatic heterocycles. The molecule has 0 aliphatic rings. The molecule has 0 bridgehead atoms. The van der Waals surface area contributed by atoms with Gasteiger partial charge < -0.3 is 16.0 Å². The van der Waals surface area contributed by atoms with E-state index in [1.165, 1.54) is 23.4 Å². The highest BCUT2D eigenvalue weighted by Gasteiger charge is 2.08. The van der Waals surface area contributed by atoms with Crippen molar-refractivity contribution < 1.29 is 4.79 Å². The van der Waals surface area contributed by atoms with E-state index in [1.807, 2.05) is 20.8 Å². The van der Waals surface area contributed by atoms with Crippen LogP contribution in [-0.2, 0) is 4.79 Å². The van der Waals surface area contributed by atoms with Crippen LogP contribution in [0.3, 0.4) is 0 Å². The van der Waals surface area contributed by atoms with Crippen molar-refractivity contribution in [2.75, 3.05) is 16.8 Å². The summed E-state index contributed by atoms with van der Waals surface area (Å²) >= 11 is 1.38. The molecule has 6 nitrogen and oxygen atoms in total. The third-order valence-electron chi connectivity index (χ3n) is 3.47. The number of carbonyl (C=O) groups is 1. The molecule has 2 rings (SSSR count). The van der Waals surface area contributed by atoms with Gasteiger partial charge in [0, 0.05) is 23.9 Å². The summed E-state index contributed by atoms with van der Waals surface area (Å²) in [6, 6.07) is 5.35. The molecule has 1 aromatic carbocycles. The summed E-state index contributed by atoms with van der Waals surface area (Å²) in [5.41, 5.74) is 9.46. The fraction of sp³-hybridized carbons (Fsp3) is 0.353. The van der Waals surface area contributed by atoms with Crippen LogP contribution in [0.1, 0.15) is 29.5 Å². The van der Waals surface area contributed by atoms with Crippen LogP contribution in [0.25, 0.3) is 0 Å². The van der Waals surface area contributed by atoms with E-state index in [0.717, 1.165) is 16.8 Å². The SMILES string of the molecule is Cc1cc(C)c(NC(=O)CCCSc2nc(N)cc(=O)[nH]2)c(C)c1. The normalized spacial score (nSPS) is 10.6. The Morgan fingerprint density at radius 2 is 1.92 bits per heavy atom. The molecule has 0 saturated heterocycles. The Hall–Kier alpha value is -2.28. The average molecular weight is 346 g/mol. The molecule has 0 unspecified atom stereocenters. The molecule has 24 heavy (non-hydrogen) atoms. The van der Waals surface area contributed by atoms with E-state index in [0.29, 0.717) is 23.8 Å². The first-order valence-electron chi connectivity index (χ1n) is 7.72. The molecule has 0 fully saturated rings. The van der Waals surface area contributed by atoms with Crippen molar-refractivity contribution >= 4 is 29.2 Å². The Balaban J connectivity index is 1.83. The number of aryl methyl sites for hydroxylation is 3. The van der Waals surface area contributed by atoms with E-state index in [9.17, 15) is 9.59 Å². The third-order valence-corrected chi connectivity index (χ3v) is 4.43. The molecule has 4 N–H and O–H groups in total. The van der Waals surface area contributed by atoms with E-state index in [-0.39, 0.29) is 17.3 Å². The second kappa shape index (κ2) is 8.01. The smallest absolute Gasteiger partial charge is 0.253 e. The fourth-order valence-corrected chi connectivity index (χ4v) is 3.33. The lowest BCUT2D eigenvalue weighted by Crippen LogP contribution is -2.14. The van der Waals surface area contributed by atoms with Crippen molar-refractivity contribution in [3.05, 3.63) is 45.2 Å². The van der Waals surface area contributed by atoms with Crippen LogP contribution in [0.15, 0.2) is 28.2 Å². The van der Waals surface area contributed by atoms with Crippen LogP contribution in [0.2, 0.25) is 0 Å². The highest BCUT2D eigenvalue weighted by atomic mass is 32.2. The van der Waals surface area contributed by atoms with Gasteiger partial charge in [-0.3, -0.25) is 9.59 Å². The fourth-order valence-electron chi connectivity index (χ4n) is 2.50. The van der Waals surface area contributed by atoms with Gasteiger partial charge in [-0.1, -0.05) is 29.5 Å². The standard InChI is InChI=1S/C17H22N4O2S/c1-10-7-11(2)16(12(3)8-10)20-14(22)5-4-6-24-17-19-13(18)9-15(23)21-17/h7-9H,4-6H2,1-3H3,(H,20,22)(H3,18,19,21,23). The summed E-state index contributed by atoms with van der Waals surface area (Å²) in [5, 5.41) is 3.46. The summed E-state index contributed by atoms with van der Waals surface area (Å²) in [6.45, 7) is 6.03. The summed E-state index contributed by atoms with van der Waals surface area (Å²) in [5.74, 6) is 0.857. The number of rotatable bonds is 6.